The van der Waals surface area contributed by atoms with Gasteiger partial charge in [0.05, 0.1) is 7.11 Å². The van der Waals surface area contributed by atoms with Gasteiger partial charge in [-0.2, -0.15) is 0 Å². The van der Waals surface area contributed by atoms with Crippen LogP contribution in [0.1, 0.15) is 43.6 Å². The zero-order valence-electron chi connectivity index (χ0n) is 11.0. The molecule has 1 aromatic carbocycles. The molecule has 0 bridgehead atoms. The van der Waals surface area contributed by atoms with Crippen LogP contribution in [-0.2, 0) is 0 Å². The second-order valence-electron chi connectivity index (χ2n) is 5.22. The molecule has 2 aliphatic rings. The Morgan fingerprint density at radius 2 is 1.94 bits per heavy atom. The molecule has 0 N–H and O–H groups in total. The van der Waals surface area contributed by atoms with Crippen LogP contribution in [0.5, 0.6) is 5.75 Å². The molecule has 0 saturated heterocycles. The summed E-state index contributed by atoms with van der Waals surface area (Å²) in [5, 5.41) is 0. The lowest BCUT2D eigenvalue weighted by atomic mass is 9.76. The summed E-state index contributed by atoms with van der Waals surface area (Å²) in [6.07, 6.45) is 11.1. The van der Waals surface area contributed by atoms with Crippen molar-refractivity contribution in [3.8, 4) is 5.75 Å². The number of hydrogen-bond acceptors (Lipinski definition) is 1. The molecule has 0 spiro atoms. The Balaban J connectivity index is 1.92. The summed E-state index contributed by atoms with van der Waals surface area (Å²) in [7, 11) is 1.72. The van der Waals surface area contributed by atoms with E-state index in [9.17, 15) is 0 Å². The van der Waals surface area contributed by atoms with Gasteiger partial charge in [0.2, 0.25) is 0 Å². The average molecular weight is 240 g/mol. The summed E-state index contributed by atoms with van der Waals surface area (Å²) in [6.45, 7) is 0. The van der Waals surface area contributed by atoms with E-state index in [0.29, 0.717) is 5.92 Å². The lowest BCUT2D eigenvalue weighted by Crippen LogP contribution is -2.11. The minimum Gasteiger partial charge on any atom is -0.497 e. The third-order valence-corrected chi connectivity index (χ3v) is 4.18. The van der Waals surface area contributed by atoms with Crippen LogP contribution in [0.4, 0.5) is 0 Å². The summed E-state index contributed by atoms with van der Waals surface area (Å²) in [5.74, 6) is 1.55. The number of allylic oxidation sites excluding steroid dienone is 4. The first-order valence-corrected chi connectivity index (χ1v) is 6.91. The van der Waals surface area contributed by atoms with Crippen molar-refractivity contribution in [2.45, 2.75) is 38.0 Å². The Morgan fingerprint density at radius 3 is 2.72 bits per heavy atom. The normalized spacial score (nSPS) is 22.8. The highest BCUT2D eigenvalue weighted by molar-refractivity contribution is 5.43. The van der Waals surface area contributed by atoms with E-state index in [0.717, 1.165) is 5.75 Å². The Morgan fingerprint density at radius 1 is 1.11 bits per heavy atom. The molecule has 1 atom stereocenters. The van der Waals surface area contributed by atoms with Gasteiger partial charge in [0.25, 0.3) is 0 Å². The van der Waals surface area contributed by atoms with Crippen LogP contribution in [0.2, 0.25) is 0 Å². The third-order valence-electron chi connectivity index (χ3n) is 4.18. The first kappa shape index (κ1) is 11.6. The van der Waals surface area contributed by atoms with Crippen molar-refractivity contribution in [1.82, 2.24) is 0 Å². The Bertz CT molecular complexity index is 479. The number of benzene rings is 1. The molecule has 94 valence electrons. The molecule has 0 amide bonds. The van der Waals surface area contributed by atoms with Crippen LogP contribution in [-0.4, -0.2) is 7.11 Å². The van der Waals surface area contributed by atoms with Gasteiger partial charge in [0.1, 0.15) is 5.75 Å². The minimum absolute atomic E-state index is 0.608. The molecule has 2 aliphatic carbocycles. The number of hydrogen-bond donors (Lipinski definition) is 0. The fraction of sp³-hybridized carbons (Fsp3) is 0.412. The van der Waals surface area contributed by atoms with E-state index in [1.165, 1.54) is 37.7 Å². The molecule has 1 heteroatoms. The molecule has 1 unspecified atom stereocenters. The van der Waals surface area contributed by atoms with Crippen molar-refractivity contribution < 1.29 is 4.74 Å². The monoisotopic (exact) mass is 240 g/mol. The average Bonchev–Trinajstić information content (AvgIpc) is 2.47. The molecule has 18 heavy (non-hydrogen) atoms. The highest BCUT2D eigenvalue weighted by Gasteiger charge is 2.23. The molecular weight excluding hydrogens is 220 g/mol. The van der Waals surface area contributed by atoms with E-state index in [-0.39, 0.29) is 0 Å². The minimum atomic E-state index is 0.608. The van der Waals surface area contributed by atoms with Crippen molar-refractivity contribution in [2.75, 3.05) is 7.11 Å². The summed E-state index contributed by atoms with van der Waals surface area (Å²) in [5.41, 5.74) is 4.73. The highest BCUT2D eigenvalue weighted by Crippen LogP contribution is 2.41. The van der Waals surface area contributed by atoms with Crippen LogP contribution in [0, 0.1) is 0 Å². The first-order valence-electron chi connectivity index (χ1n) is 6.91. The number of methoxy groups -OCH3 is 1. The van der Waals surface area contributed by atoms with Gasteiger partial charge in [0.15, 0.2) is 0 Å². The SMILES string of the molecule is COc1ccc(C2CCCC3=C2C=CCC3)cc1. The summed E-state index contributed by atoms with van der Waals surface area (Å²) < 4.78 is 5.24. The Kier molecular flexibility index (Phi) is 3.22. The smallest absolute Gasteiger partial charge is 0.118 e. The second-order valence-corrected chi connectivity index (χ2v) is 5.22. The quantitative estimate of drug-likeness (QED) is 0.733. The summed E-state index contributed by atoms with van der Waals surface area (Å²) >= 11 is 0. The Hall–Kier alpha value is -1.50. The molecular formula is C17H20O. The van der Waals surface area contributed by atoms with E-state index in [2.05, 4.69) is 36.4 Å². The van der Waals surface area contributed by atoms with Crippen LogP contribution >= 0.6 is 0 Å². The van der Waals surface area contributed by atoms with Gasteiger partial charge in [-0.25, -0.2) is 0 Å². The van der Waals surface area contributed by atoms with Gasteiger partial charge in [-0.1, -0.05) is 29.9 Å². The molecule has 3 rings (SSSR count). The van der Waals surface area contributed by atoms with Crippen molar-refractivity contribution in [2.24, 2.45) is 0 Å². The maximum absolute atomic E-state index is 5.24. The predicted molar refractivity (Wildman–Crippen MR) is 75.0 cm³/mol. The molecule has 0 aromatic heterocycles. The van der Waals surface area contributed by atoms with Crippen molar-refractivity contribution >= 4 is 0 Å². The van der Waals surface area contributed by atoms with E-state index in [1.807, 2.05) is 0 Å². The highest BCUT2D eigenvalue weighted by atomic mass is 16.5. The predicted octanol–water partition coefficient (Wildman–Crippen LogP) is 4.61. The zero-order valence-corrected chi connectivity index (χ0v) is 11.0. The standard InChI is InChI=1S/C17H20O/c1-18-15-11-9-14(10-12-15)17-8-4-6-13-5-2-3-7-16(13)17/h3,7,9-12,17H,2,4-6,8H2,1H3. The van der Waals surface area contributed by atoms with E-state index in [1.54, 1.807) is 18.3 Å². The molecule has 0 heterocycles. The van der Waals surface area contributed by atoms with Crippen LogP contribution in [0.25, 0.3) is 0 Å². The Labute approximate surface area is 109 Å². The maximum atomic E-state index is 5.24. The third kappa shape index (κ3) is 2.10. The zero-order chi connectivity index (χ0) is 12.4. The fourth-order valence-corrected chi connectivity index (χ4v) is 3.22. The molecule has 0 fully saturated rings. The molecule has 1 nitrogen and oxygen atoms in total. The van der Waals surface area contributed by atoms with Gasteiger partial charge in [0, 0.05) is 5.92 Å². The lowest BCUT2D eigenvalue weighted by molar-refractivity contribution is 0.414. The lowest BCUT2D eigenvalue weighted by Gasteiger charge is -2.29. The topological polar surface area (TPSA) is 9.23 Å². The van der Waals surface area contributed by atoms with E-state index < -0.39 is 0 Å². The van der Waals surface area contributed by atoms with Gasteiger partial charge in [-0.15, -0.1) is 0 Å². The van der Waals surface area contributed by atoms with E-state index >= 15 is 0 Å². The van der Waals surface area contributed by atoms with Gasteiger partial charge in [-0.05, 0) is 55.4 Å². The van der Waals surface area contributed by atoms with Crippen molar-refractivity contribution in [3.63, 3.8) is 0 Å². The molecule has 0 saturated carbocycles. The number of rotatable bonds is 2. The van der Waals surface area contributed by atoms with Crippen molar-refractivity contribution in [3.05, 3.63) is 53.1 Å². The van der Waals surface area contributed by atoms with Gasteiger partial charge < -0.3 is 4.74 Å². The second kappa shape index (κ2) is 5.01. The first-order chi connectivity index (χ1) is 8.88. The van der Waals surface area contributed by atoms with Crippen molar-refractivity contribution in [1.29, 1.82) is 0 Å². The molecule has 0 radical (unpaired) electrons. The van der Waals surface area contributed by atoms with Gasteiger partial charge in [-0.3, -0.25) is 0 Å². The maximum Gasteiger partial charge on any atom is 0.118 e. The summed E-state index contributed by atoms with van der Waals surface area (Å²) in [6, 6.07) is 8.61. The van der Waals surface area contributed by atoms with Crippen LogP contribution < -0.4 is 4.74 Å². The van der Waals surface area contributed by atoms with Crippen LogP contribution in [0.3, 0.4) is 0 Å². The molecule has 0 aliphatic heterocycles. The molecule has 1 aromatic rings. The fourth-order valence-electron chi connectivity index (χ4n) is 3.22. The largest absolute Gasteiger partial charge is 0.497 e. The van der Waals surface area contributed by atoms with E-state index in [4.69, 9.17) is 4.74 Å². The van der Waals surface area contributed by atoms with Gasteiger partial charge >= 0.3 is 0 Å². The number of ether oxygens (including phenoxy) is 1. The summed E-state index contributed by atoms with van der Waals surface area (Å²) in [4.78, 5) is 0. The van der Waals surface area contributed by atoms with Crippen LogP contribution in [0.15, 0.2) is 47.6 Å².